The van der Waals surface area contributed by atoms with Crippen molar-refractivity contribution in [3.8, 4) is 0 Å². The summed E-state index contributed by atoms with van der Waals surface area (Å²) < 4.78 is 28.6. The maximum Gasteiger partial charge on any atom is 0.240 e. The van der Waals surface area contributed by atoms with E-state index in [9.17, 15) is 8.42 Å². The summed E-state index contributed by atoms with van der Waals surface area (Å²) in [7, 11) is -1.89. The lowest BCUT2D eigenvalue weighted by Crippen LogP contribution is -2.23. The number of rotatable bonds is 5. The number of hydrogen-bond acceptors (Lipinski definition) is 4. The molecule has 1 aromatic carbocycles. The zero-order valence-electron chi connectivity index (χ0n) is 11.7. The van der Waals surface area contributed by atoms with Crippen LogP contribution in [0.15, 0.2) is 29.3 Å². The molecule has 0 fully saturated rings. The number of aryl methyl sites for hydroxylation is 2. The molecule has 0 aliphatic rings. The molecule has 1 heterocycles. The van der Waals surface area contributed by atoms with Crippen molar-refractivity contribution in [3.63, 3.8) is 0 Å². The van der Waals surface area contributed by atoms with Crippen LogP contribution in [0.25, 0.3) is 0 Å². The van der Waals surface area contributed by atoms with Crippen LogP contribution in [0.3, 0.4) is 0 Å². The van der Waals surface area contributed by atoms with Gasteiger partial charge in [0.05, 0.1) is 17.2 Å². The highest BCUT2D eigenvalue weighted by Crippen LogP contribution is 2.21. The van der Waals surface area contributed by atoms with E-state index in [0.717, 1.165) is 11.3 Å². The molecular weight excluding hydrogens is 314 g/mol. The fourth-order valence-corrected chi connectivity index (χ4v) is 3.24. The van der Waals surface area contributed by atoms with E-state index < -0.39 is 10.0 Å². The SMILES string of the molecule is Cc1nn(C)cc1CNS(=O)(=O)c1ccc(CO)c(Cl)c1. The maximum absolute atomic E-state index is 12.2. The summed E-state index contributed by atoms with van der Waals surface area (Å²) in [5.74, 6) is 0. The van der Waals surface area contributed by atoms with Gasteiger partial charge in [0.1, 0.15) is 0 Å². The highest BCUT2D eigenvalue weighted by Gasteiger charge is 2.16. The van der Waals surface area contributed by atoms with E-state index in [1.54, 1.807) is 17.9 Å². The van der Waals surface area contributed by atoms with Crippen LogP contribution in [0.2, 0.25) is 5.02 Å². The van der Waals surface area contributed by atoms with Gasteiger partial charge in [-0.2, -0.15) is 5.10 Å². The third kappa shape index (κ3) is 3.62. The Morgan fingerprint density at radius 3 is 2.62 bits per heavy atom. The molecule has 0 saturated carbocycles. The molecule has 0 unspecified atom stereocenters. The summed E-state index contributed by atoms with van der Waals surface area (Å²) in [5.41, 5.74) is 2.06. The molecule has 0 aliphatic carbocycles. The summed E-state index contributed by atoms with van der Waals surface area (Å²) in [6.45, 7) is 1.74. The van der Waals surface area contributed by atoms with Gasteiger partial charge >= 0.3 is 0 Å². The van der Waals surface area contributed by atoms with Gasteiger partial charge in [-0.25, -0.2) is 13.1 Å². The van der Waals surface area contributed by atoms with Crippen molar-refractivity contribution < 1.29 is 13.5 Å². The highest BCUT2D eigenvalue weighted by atomic mass is 35.5. The minimum atomic E-state index is -3.67. The van der Waals surface area contributed by atoms with Crippen LogP contribution in [0.5, 0.6) is 0 Å². The molecule has 114 valence electrons. The molecule has 0 amide bonds. The summed E-state index contributed by atoms with van der Waals surface area (Å²) in [6, 6.07) is 4.23. The standard InChI is InChI=1S/C13H16ClN3O3S/c1-9-11(7-17(2)16-9)6-15-21(19,20)12-4-3-10(8-18)13(14)5-12/h3-5,7,15,18H,6,8H2,1-2H3. The highest BCUT2D eigenvalue weighted by molar-refractivity contribution is 7.89. The Hall–Kier alpha value is -1.41. The van der Waals surface area contributed by atoms with Crippen LogP contribution in [0, 0.1) is 6.92 Å². The molecule has 8 heteroatoms. The van der Waals surface area contributed by atoms with Gasteiger partial charge in [0.25, 0.3) is 0 Å². The van der Waals surface area contributed by atoms with Crippen LogP contribution >= 0.6 is 11.6 Å². The summed E-state index contributed by atoms with van der Waals surface area (Å²) in [5, 5.41) is 13.4. The molecule has 0 radical (unpaired) electrons. The first-order valence-corrected chi connectivity index (χ1v) is 8.07. The van der Waals surface area contributed by atoms with E-state index in [0.29, 0.717) is 5.56 Å². The predicted octanol–water partition coefficient (Wildman–Crippen LogP) is 1.35. The molecule has 2 rings (SSSR count). The lowest BCUT2D eigenvalue weighted by Gasteiger charge is -2.08. The molecule has 0 spiro atoms. The Kier molecular flexibility index (Phi) is 4.67. The number of hydrogen-bond donors (Lipinski definition) is 2. The fourth-order valence-electron chi connectivity index (χ4n) is 1.90. The van der Waals surface area contributed by atoms with Gasteiger partial charge in [-0.05, 0) is 24.6 Å². The maximum atomic E-state index is 12.2. The number of halogens is 1. The zero-order valence-corrected chi connectivity index (χ0v) is 13.2. The molecule has 0 aliphatic heterocycles. The quantitative estimate of drug-likeness (QED) is 0.867. The second-order valence-corrected chi connectivity index (χ2v) is 6.82. The van der Waals surface area contributed by atoms with E-state index >= 15 is 0 Å². The first-order valence-electron chi connectivity index (χ1n) is 6.21. The first kappa shape index (κ1) is 16.0. The lowest BCUT2D eigenvalue weighted by atomic mass is 10.2. The summed E-state index contributed by atoms with van der Waals surface area (Å²) in [4.78, 5) is 0.0613. The smallest absolute Gasteiger partial charge is 0.240 e. The first-order chi connectivity index (χ1) is 9.83. The van der Waals surface area contributed by atoms with Gasteiger partial charge in [0.15, 0.2) is 0 Å². The number of aliphatic hydroxyl groups is 1. The lowest BCUT2D eigenvalue weighted by molar-refractivity contribution is 0.282. The van der Waals surface area contributed by atoms with Crippen molar-refractivity contribution in [1.82, 2.24) is 14.5 Å². The van der Waals surface area contributed by atoms with Gasteiger partial charge in [-0.1, -0.05) is 17.7 Å². The summed E-state index contributed by atoms with van der Waals surface area (Å²) >= 11 is 5.92. The van der Waals surface area contributed by atoms with E-state index in [1.165, 1.54) is 18.2 Å². The minimum Gasteiger partial charge on any atom is -0.392 e. The van der Waals surface area contributed by atoms with Crippen LogP contribution in [-0.2, 0) is 30.2 Å². The number of nitrogens with one attached hydrogen (secondary N) is 1. The van der Waals surface area contributed by atoms with Crippen LogP contribution < -0.4 is 4.72 Å². The Labute approximate surface area is 128 Å². The summed E-state index contributed by atoms with van der Waals surface area (Å²) in [6.07, 6.45) is 1.76. The van der Waals surface area contributed by atoms with Crippen molar-refractivity contribution in [2.75, 3.05) is 0 Å². The van der Waals surface area contributed by atoms with E-state index in [2.05, 4.69) is 9.82 Å². The number of aliphatic hydroxyl groups excluding tert-OH is 1. The van der Waals surface area contributed by atoms with Crippen molar-refractivity contribution in [1.29, 1.82) is 0 Å². The molecule has 0 saturated heterocycles. The molecule has 2 aromatic rings. The van der Waals surface area contributed by atoms with Crippen LogP contribution in [0.4, 0.5) is 0 Å². The Morgan fingerprint density at radius 2 is 2.10 bits per heavy atom. The predicted molar refractivity (Wildman–Crippen MR) is 79.3 cm³/mol. The average molecular weight is 330 g/mol. The topological polar surface area (TPSA) is 84.2 Å². The van der Waals surface area contributed by atoms with Crippen molar-refractivity contribution in [2.24, 2.45) is 7.05 Å². The van der Waals surface area contributed by atoms with Gasteiger partial charge < -0.3 is 5.11 Å². The molecule has 0 bridgehead atoms. The monoisotopic (exact) mass is 329 g/mol. The normalized spacial score (nSPS) is 11.8. The van der Waals surface area contributed by atoms with Gasteiger partial charge in [0.2, 0.25) is 10.0 Å². The second-order valence-electron chi connectivity index (χ2n) is 4.65. The van der Waals surface area contributed by atoms with E-state index in [1.807, 2.05) is 6.92 Å². The van der Waals surface area contributed by atoms with Gasteiger partial charge in [-0.15, -0.1) is 0 Å². The average Bonchev–Trinajstić information content (AvgIpc) is 2.74. The van der Waals surface area contributed by atoms with Crippen molar-refractivity contribution in [3.05, 3.63) is 46.2 Å². The van der Waals surface area contributed by atoms with Crippen LogP contribution in [-0.4, -0.2) is 23.3 Å². The third-order valence-corrected chi connectivity index (χ3v) is 4.82. The van der Waals surface area contributed by atoms with Gasteiger partial charge in [0, 0.05) is 30.4 Å². The number of sulfonamides is 1. The Bertz CT molecular complexity index is 756. The largest absolute Gasteiger partial charge is 0.392 e. The number of benzene rings is 1. The van der Waals surface area contributed by atoms with E-state index in [4.69, 9.17) is 16.7 Å². The molecule has 2 N–H and O–H groups in total. The second kappa shape index (κ2) is 6.15. The van der Waals surface area contributed by atoms with E-state index in [-0.39, 0.29) is 23.1 Å². The molecule has 21 heavy (non-hydrogen) atoms. The van der Waals surface area contributed by atoms with Crippen molar-refractivity contribution >= 4 is 21.6 Å². The number of nitrogens with zero attached hydrogens (tertiary/aromatic N) is 2. The third-order valence-electron chi connectivity index (χ3n) is 3.07. The van der Waals surface area contributed by atoms with Gasteiger partial charge in [-0.3, -0.25) is 4.68 Å². The fraction of sp³-hybridized carbons (Fsp3) is 0.308. The molecular formula is C13H16ClN3O3S. The van der Waals surface area contributed by atoms with Crippen molar-refractivity contribution in [2.45, 2.75) is 25.0 Å². The number of aromatic nitrogens is 2. The minimum absolute atomic E-state index is 0.0613. The Morgan fingerprint density at radius 1 is 1.38 bits per heavy atom. The molecule has 6 nitrogen and oxygen atoms in total. The zero-order chi connectivity index (χ0) is 15.6. The molecule has 0 atom stereocenters. The van der Waals surface area contributed by atoms with Crippen LogP contribution in [0.1, 0.15) is 16.8 Å². The Balaban J connectivity index is 2.18. The molecule has 1 aromatic heterocycles.